The Labute approximate surface area is 127 Å². The second kappa shape index (κ2) is 6.64. The first-order valence-electron chi connectivity index (χ1n) is 6.88. The molecular formula is C17H16F3NO. The number of amides is 1. The molecule has 0 aliphatic carbocycles. The van der Waals surface area contributed by atoms with Crippen LogP contribution in [0.15, 0.2) is 54.6 Å². The lowest BCUT2D eigenvalue weighted by Crippen LogP contribution is -2.27. The molecule has 116 valence electrons. The average Bonchev–Trinajstić information content (AvgIpc) is 2.52. The molecule has 0 fully saturated rings. The van der Waals surface area contributed by atoms with Gasteiger partial charge in [-0.1, -0.05) is 43.3 Å². The molecule has 0 aliphatic heterocycles. The summed E-state index contributed by atoms with van der Waals surface area (Å²) in [6.07, 6.45) is -4.45. The molecule has 5 heteroatoms. The number of alkyl halides is 3. The fourth-order valence-corrected chi connectivity index (χ4v) is 2.08. The Morgan fingerprint density at radius 1 is 1.09 bits per heavy atom. The maximum absolute atomic E-state index is 12.6. The van der Waals surface area contributed by atoms with Crippen LogP contribution in [-0.2, 0) is 6.18 Å². The number of benzene rings is 2. The van der Waals surface area contributed by atoms with Gasteiger partial charge < -0.3 is 5.32 Å². The first kappa shape index (κ1) is 16.1. The van der Waals surface area contributed by atoms with E-state index in [0.29, 0.717) is 6.54 Å². The van der Waals surface area contributed by atoms with Crippen molar-refractivity contribution in [1.29, 1.82) is 0 Å². The number of halogens is 3. The first-order chi connectivity index (χ1) is 10.4. The van der Waals surface area contributed by atoms with E-state index in [1.54, 1.807) is 0 Å². The molecule has 0 heterocycles. The molecule has 2 aromatic carbocycles. The van der Waals surface area contributed by atoms with Crippen LogP contribution in [0, 0.1) is 0 Å². The number of carbonyl (C=O) groups excluding carboxylic acids is 1. The quantitative estimate of drug-likeness (QED) is 0.899. The van der Waals surface area contributed by atoms with Crippen molar-refractivity contribution in [3.05, 3.63) is 71.3 Å². The van der Waals surface area contributed by atoms with Gasteiger partial charge in [0.25, 0.3) is 5.91 Å². The molecule has 1 atom stereocenters. The molecular weight excluding hydrogens is 291 g/mol. The summed E-state index contributed by atoms with van der Waals surface area (Å²) in [5, 5.41) is 2.67. The number of carbonyl (C=O) groups is 1. The van der Waals surface area contributed by atoms with Crippen molar-refractivity contribution in [2.24, 2.45) is 0 Å². The molecule has 2 aromatic rings. The van der Waals surface area contributed by atoms with Crippen molar-refractivity contribution >= 4 is 5.91 Å². The molecule has 0 saturated heterocycles. The smallest absolute Gasteiger partial charge is 0.351 e. The molecule has 0 radical (unpaired) electrons. The summed E-state index contributed by atoms with van der Waals surface area (Å²) in [6, 6.07) is 14.0. The Kier molecular flexibility index (Phi) is 4.85. The van der Waals surface area contributed by atoms with Crippen LogP contribution in [0.4, 0.5) is 13.2 Å². The zero-order chi connectivity index (χ0) is 16.2. The van der Waals surface area contributed by atoms with Crippen LogP contribution < -0.4 is 5.32 Å². The highest BCUT2D eigenvalue weighted by atomic mass is 19.4. The summed E-state index contributed by atoms with van der Waals surface area (Å²) in [5.74, 6) is -0.426. The molecule has 0 aliphatic rings. The fourth-order valence-electron chi connectivity index (χ4n) is 2.08. The Hall–Kier alpha value is -2.30. The number of hydrogen-bond donors (Lipinski definition) is 1. The lowest BCUT2D eigenvalue weighted by Gasteiger charge is -2.14. The van der Waals surface area contributed by atoms with E-state index < -0.39 is 17.6 Å². The van der Waals surface area contributed by atoms with Crippen LogP contribution in [0.2, 0.25) is 0 Å². The van der Waals surface area contributed by atoms with Gasteiger partial charge in [-0.25, -0.2) is 0 Å². The lowest BCUT2D eigenvalue weighted by molar-refractivity contribution is -0.137. The van der Waals surface area contributed by atoms with E-state index in [1.807, 2.05) is 37.3 Å². The van der Waals surface area contributed by atoms with Gasteiger partial charge in [-0.15, -0.1) is 0 Å². The van der Waals surface area contributed by atoms with E-state index in [9.17, 15) is 18.0 Å². The fraction of sp³-hybridized carbons (Fsp3) is 0.235. The average molecular weight is 307 g/mol. The van der Waals surface area contributed by atoms with E-state index in [4.69, 9.17) is 0 Å². The Morgan fingerprint density at radius 3 is 2.41 bits per heavy atom. The highest BCUT2D eigenvalue weighted by Gasteiger charge is 2.30. The second-order valence-corrected chi connectivity index (χ2v) is 5.10. The van der Waals surface area contributed by atoms with Gasteiger partial charge in [-0.3, -0.25) is 4.79 Å². The topological polar surface area (TPSA) is 29.1 Å². The van der Waals surface area contributed by atoms with Crippen molar-refractivity contribution in [2.75, 3.05) is 6.54 Å². The van der Waals surface area contributed by atoms with E-state index in [0.717, 1.165) is 17.7 Å². The van der Waals surface area contributed by atoms with Crippen molar-refractivity contribution < 1.29 is 18.0 Å². The van der Waals surface area contributed by atoms with Gasteiger partial charge in [-0.2, -0.15) is 13.2 Å². The summed E-state index contributed by atoms with van der Waals surface area (Å²) in [5.41, 5.74) is 0.248. The molecule has 2 rings (SSSR count). The van der Waals surface area contributed by atoms with E-state index in [2.05, 4.69) is 5.32 Å². The second-order valence-electron chi connectivity index (χ2n) is 5.10. The minimum atomic E-state index is -4.45. The van der Waals surface area contributed by atoms with Crippen LogP contribution in [0.3, 0.4) is 0 Å². The number of nitrogens with one attached hydrogen (secondary N) is 1. The summed E-state index contributed by atoms with van der Waals surface area (Å²) in [7, 11) is 0. The number of hydrogen-bond acceptors (Lipinski definition) is 1. The summed E-state index contributed by atoms with van der Waals surface area (Å²) in [4.78, 5) is 12.0. The predicted octanol–water partition coefficient (Wildman–Crippen LogP) is 4.24. The first-order valence-corrected chi connectivity index (χ1v) is 6.88. The third-order valence-corrected chi connectivity index (χ3v) is 3.39. The highest BCUT2D eigenvalue weighted by molar-refractivity contribution is 5.94. The van der Waals surface area contributed by atoms with Gasteiger partial charge in [0.15, 0.2) is 0 Å². The van der Waals surface area contributed by atoms with E-state index in [-0.39, 0.29) is 11.5 Å². The van der Waals surface area contributed by atoms with Gasteiger partial charge in [0.05, 0.1) is 5.56 Å². The zero-order valence-electron chi connectivity index (χ0n) is 12.0. The van der Waals surface area contributed by atoms with Gasteiger partial charge in [0.1, 0.15) is 0 Å². The zero-order valence-corrected chi connectivity index (χ0v) is 12.0. The maximum Gasteiger partial charge on any atom is 0.416 e. The van der Waals surface area contributed by atoms with Gasteiger partial charge in [0, 0.05) is 12.1 Å². The molecule has 0 bridgehead atoms. The van der Waals surface area contributed by atoms with Gasteiger partial charge >= 0.3 is 6.18 Å². The predicted molar refractivity (Wildman–Crippen MR) is 78.6 cm³/mol. The number of rotatable bonds is 4. The van der Waals surface area contributed by atoms with E-state index in [1.165, 1.54) is 12.1 Å². The standard InChI is InChI=1S/C17H16F3NO/c1-12(13-6-3-2-4-7-13)11-21-16(22)14-8-5-9-15(10-14)17(18,19)20/h2-10,12H,11H2,1H3,(H,21,22)/t12-/m1/s1. The van der Waals surface area contributed by atoms with Crippen LogP contribution >= 0.6 is 0 Å². The van der Waals surface area contributed by atoms with Gasteiger partial charge in [-0.05, 0) is 29.7 Å². The molecule has 22 heavy (non-hydrogen) atoms. The summed E-state index contributed by atoms with van der Waals surface area (Å²) >= 11 is 0. The van der Waals surface area contributed by atoms with Crippen molar-refractivity contribution in [1.82, 2.24) is 5.32 Å². The third kappa shape index (κ3) is 4.10. The van der Waals surface area contributed by atoms with Crippen LogP contribution in [0.1, 0.15) is 34.3 Å². The van der Waals surface area contributed by atoms with E-state index >= 15 is 0 Å². The Bertz CT molecular complexity index is 638. The van der Waals surface area contributed by atoms with Crippen molar-refractivity contribution in [3.8, 4) is 0 Å². The molecule has 0 saturated carbocycles. The summed E-state index contributed by atoms with van der Waals surface area (Å²) < 4.78 is 37.9. The summed E-state index contributed by atoms with van der Waals surface area (Å²) in [6.45, 7) is 2.31. The third-order valence-electron chi connectivity index (χ3n) is 3.39. The molecule has 1 amide bonds. The van der Waals surface area contributed by atoms with Crippen LogP contribution in [-0.4, -0.2) is 12.5 Å². The molecule has 0 unspecified atom stereocenters. The largest absolute Gasteiger partial charge is 0.416 e. The van der Waals surface area contributed by atoms with Gasteiger partial charge in [0.2, 0.25) is 0 Å². The Morgan fingerprint density at radius 2 is 1.77 bits per heavy atom. The van der Waals surface area contributed by atoms with Crippen molar-refractivity contribution in [3.63, 3.8) is 0 Å². The monoisotopic (exact) mass is 307 g/mol. The van der Waals surface area contributed by atoms with Crippen LogP contribution in [0.5, 0.6) is 0 Å². The van der Waals surface area contributed by atoms with Crippen molar-refractivity contribution in [2.45, 2.75) is 19.0 Å². The highest BCUT2D eigenvalue weighted by Crippen LogP contribution is 2.29. The minimum absolute atomic E-state index is 0.00934. The normalized spacial score (nSPS) is 12.7. The molecule has 0 aromatic heterocycles. The SMILES string of the molecule is C[C@H](CNC(=O)c1cccc(C(F)(F)F)c1)c1ccccc1. The minimum Gasteiger partial charge on any atom is -0.351 e. The molecule has 2 nitrogen and oxygen atoms in total. The lowest BCUT2D eigenvalue weighted by atomic mass is 10.0. The Balaban J connectivity index is 2.01. The molecule has 0 spiro atoms. The maximum atomic E-state index is 12.6. The molecule has 1 N–H and O–H groups in total. The van der Waals surface area contributed by atoms with Crippen LogP contribution in [0.25, 0.3) is 0 Å².